The second-order valence-corrected chi connectivity index (χ2v) is 5.03. The summed E-state index contributed by atoms with van der Waals surface area (Å²) in [6.45, 7) is 6.31. The van der Waals surface area contributed by atoms with E-state index < -0.39 is 0 Å². The Morgan fingerprint density at radius 1 is 1.33 bits per heavy atom. The molecule has 1 aromatic heterocycles. The maximum absolute atomic E-state index is 4.31. The minimum atomic E-state index is 0.382. The highest BCUT2D eigenvalue weighted by atomic mass is 15.3. The van der Waals surface area contributed by atoms with Crippen molar-refractivity contribution in [2.24, 2.45) is 0 Å². The predicted octanol–water partition coefficient (Wildman–Crippen LogP) is 2.17. The summed E-state index contributed by atoms with van der Waals surface area (Å²) in [5, 5.41) is 11.8. The Kier molecular flexibility index (Phi) is 2.88. The van der Waals surface area contributed by atoms with Gasteiger partial charge in [-0.15, -0.1) is 10.2 Å². The Balaban J connectivity index is 2.14. The summed E-state index contributed by atoms with van der Waals surface area (Å²) in [5.41, 5.74) is 4.04. The van der Waals surface area contributed by atoms with Crippen LogP contribution in [0.15, 0.2) is 24.5 Å². The average molecular weight is 242 g/mol. The highest BCUT2D eigenvalue weighted by Gasteiger charge is 2.17. The van der Waals surface area contributed by atoms with Crippen LogP contribution in [0.5, 0.6) is 0 Å². The third-order valence-corrected chi connectivity index (χ3v) is 3.51. The molecule has 0 saturated heterocycles. The molecule has 0 bridgehead atoms. The third-order valence-electron chi connectivity index (χ3n) is 3.51. The van der Waals surface area contributed by atoms with Crippen molar-refractivity contribution >= 4 is 0 Å². The zero-order chi connectivity index (χ0) is 12.5. The third kappa shape index (κ3) is 1.82. The summed E-state index contributed by atoms with van der Waals surface area (Å²) in [7, 11) is 0. The molecular formula is C14H18N4. The van der Waals surface area contributed by atoms with Crippen LogP contribution in [0.1, 0.15) is 31.0 Å². The van der Waals surface area contributed by atoms with Gasteiger partial charge in [0.2, 0.25) is 0 Å². The predicted molar refractivity (Wildman–Crippen MR) is 71.3 cm³/mol. The van der Waals surface area contributed by atoms with Gasteiger partial charge in [-0.1, -0.05) is 18.2 Å². The number of benzene rings is 1. The average Bonchev–Trinajstić information content (AvgIpc) is 2.87. The molecule has 1 aliphatic heterocycles. The molecule has 0 atom stereocenters. The van der Waals surface area contributed by atoms with Crippen LogP contribution in [-0.4, -0.2) is 21.3 Å². The molecular weight excluding hydrogens is 224 g/mol. The summed E-state index contributed by atoms with van der Waals surface area (Å²) < 4.78 is 2.14. The van der Waals surface area contributed by atoms with Crippen molar-refractivity contribution in [2.75, 3.05) is 6.54 Å². The Morgan fingerprint density at radius 3 is 3.06 bits per heavy atom. The van der Waals surface area contributed by atoms with Gasteiger partial charge >= 0.3 is 0 Å². The lowest BCUT2D eigenvalue weighted by molar-refractivity contribution is 0.601. The molecule has 0 aliphatic carbocycles. The van der Waals surface area contributed by atoms with Crippen molar-refractivity contribution in [2.45, 2.75) is 32.9 Å². The van der Waals surface area contributed by atoms with Gasteiger partial charge in [-0.2, -0.15) is 0 Å². The van der Waals surface area contributed by atoms with Crippen LogP contribution in [-0.2, 0) is 13.0 Å². The van der Waals surface area contributed by atoms with Crippen LogP contribution in [0.4, 0.5) is 0 Å². The highest BCUT2D eigenvalue weighted by Crippen LogP contribution is 2.28. The first-order chi connectivity index (χ1) is 8.77. The fraction of sp³-hybridized carbons (Fsp3) is 0.429. The molecule has 0 radical (unpaired) electrons. The molecule has 2 aromatic rings. The monoisotopic (exact) mass is 242 g/mol. The first-order valence-corrected chi connectivity index (χ1v) is 6.48. The lowest BCUT2D eigenvalue weighted by Crippen LogP contribution is -2.24. The molecule has 0 fully saturated rings. The number of rotatable bonds is 2. The summed E-state index contributed by atoms with van der Waals surface area (Å²) in [6, 6.07) is 6.85. The molecule has 94 valence electrons. The van der Waals surface area contributed by atoms with Crippen molar-refractivity contribution in [1.82, 2.24) is 20.1 Å². The Hall–Kier alpha value is -1.68. The molecule has 1 aliphatic rings. The normalized spacial score (nSPS) is 14.8. The molecule has 3 rings (SSSR count). The van der Waals surface area contributed by atoms with Crippen LogP contribution in [0.2, 0.25) is 0 Å². The quantitative estimate of drug-likeness (QED) is 0.877. The molecule has 4 heteroatoms. The van der Waals surface area contributed by atoms with Crippen LogP contribution >= 0.6 is 0 Å². The molecule has 4 nitrogen and oxygen atoms in total. The maximum Gasteiger partial charge on any atom is 0.164 e. The Labute approximate surface area is 107 Å². The number of aromatic nitrogens is 3. The lowest BCUT2D eigenvalue weighted by atomic mass is 9.95. The van der Waals surface area contributed by atoms with E-state index in [0.717, 1.165) is 25.3 Å². The van der Waals surface area contributed by atoms with E-state index >= 15 is 0 Å². The van der Waals surface area contributed by atoms with E-state index in [-0.39, 0.29) is 0 Å². The van der Waals surface area contributed by atoms with Crippen molar-refractivity contribution in [3.63, 3.8) is 0 Å². The van der Waals surface area contributed by atoms with Crippen molar-refractivity contribution < 1.29 is 0 Å². The van der Waals surface area contributed by atoms with Crippen LogP contribution in [0, 0.1) is 0 Å². The first kappa shape index (κ1) is 11.4. The van der Waals surface area contributed by atoms with Gasteiger partial charge in [0.05, 0.1) is 0 Å². The van der Waals surface area contributed by atoms with Gasteiger partial charge in [0.15, 0.2) is 5.82 Å². The number of nitrogens with one attached hydrogen (secondary N) is 1. The fourth-order valence-corrected chi connectivity index (χ4v) is 2.55. The molecule has 0 spiro atoms. The van der Waals surface area contributed by atoms with E-state index in [9.17, 15) is 0 Å². The van der Waals surface area contributed by atoms with E-state index in [0.29, 0.717) is 6.04 Å². The number of hydrogen-bond acceptors (Lipinski definition) is 3. The van der Waals surface area contributed by atoms with Gasteiger partial charge in [-0.25, -0.2) is 0 Å². The second kappa shape index (κ2) is 4.53. The van der Waals surface area contributed by atoms with Gasteiger partial charge in [-0.3, -0.25) is 0 Å². The van der Waals surface area contributed by atoms with E-state index in [1.807, 2.05) is 6.33 Å². The van der Waals surface area contributed by atoms with Gasteiger partial charge < -0.3 is 9.88 Å². The number of nitrogens with zero attached hydrogens (tertiary/aromatic N) is 3. The van der Waals surface area contributed by atoms with Crippen molar-refractivity contribution in [3.8, 4) is 11.4 Å². The zero-order valence-electron chi connectivity index (χ0n) is 10.8. The summed E-state index contributed by atoms with van der Waals surface area (Å²) in [5.74, 6) is 0.990. The van der Waals surface area contributed by atoms with Crippen LogP contribution < -0.4 is 5.32 Å². The van der Waals surface area contributed by atoms with E-state index in [1.54, 1.807) is 0 Å². The van der Waals surface area contributed by atoms with Gasteiger partial charge in [0.1, 0.15) is 6.33 Å². The van der Waals surface area contributed by atoms with E-state index in [1.165, 1.54) is 16.7 Å². The summed E-state index contributed by atoms with van der Waals surface area (Å²) in [4.78, 5) is 0. The number of fused-ring (bicyclic) bond motifs is 1. The highest BCUT2D eigenvalue weighted by molar-refractivity contribution is 5.63. The molecule has 2 heterocycles. The van der Waals surface area contributed by atoms with Crippen LogP contribution in [0.25, 0.3) is 11.4 Å². The SMILES string of the molecule is CC(C)n1cnnc1-c1cccc2c1CCNC2. The zero-order valence-corrected chi connectivity index (χ0v) is 10.8. The van der Waals surface area contributed by atoms with Gasteiger partial charge in [0.25, 0.3) is 0 Å². The number of hydrogen-bond donors (Lipinski definition) is 1. The first-order valence-electron chi connectivity index (χ1n) is 6.48. The molecule has 0 saturated carbocycles. The second-order valence-electron chi connectivity index (χ2n) is 5.03. The van der Waals surface area contributed by atoms with Gasteiger partial charge in [-0.05, 0) is 37.9 Å². The Bertz CT molecular complexity index is 557. The smallest absolute Gasteiger partial charge is 0.164 e. The van der Waals surface area contributed by atoms with E-state index in [4.69, 9.17) is 0 Å². The lowest BCUT2D eigenvalue weighted by Gasteiger charge is -2.20. The topological polar surface area (TPSA) is 42.7 Å². The van der Waals surface area contributed by atoms with Crippen molar-refractivity contribution in [1.29, 1.82) is 0 Å². The molecule has 0 amide bonds. The molecule has 1 N–H and O–H groups in total. The van der Waals surface area contributed by atoms with Crippen LogP contribution in [0.3, 0.4) is 0 Å². The summed E-state index contributed by atoms with van der Waals surface area (Å²) in [6.07, 6.45) is 2.89. The minimum absolute atomic E-state index is 0.382. The fourth-order valence-electron chi connectivity index (χ4n) is 2.55. The molecule has 0 unspecified atom stereocenters. The maximum atomic E-state index is 4.31. The van der Waals surface area contributed by atoms with Gasteiger partial charge in [0, 0.05) is 18.2 Å². The standard InChI is InChI=1S/C14H18N4/c1-10(2)18-9-16-17-14(18)13-5-3-4-11-8-15-7-6-12(11)13/h3-5,9-10,15H,6-8H2,1-2H3. The summed E-state index contributed by atoms with van der Waals surface area (Å²) >= 11 is 0. The molecule has 1 aromatic carbocycles. The minimum Gasteiger partial charge on any atom is -0.312 e. The Morgan fingerprint density at radius 2 is 2.22 bits per heavy atom. The van der Waals surface area contributed by atoms with Crippen molar-refractivity contribution in [3.05, 3.63) is 35.7 Å². The van der Waals surface area contributed by atoms with E-state index in [2.05, 4.69) is 52.1 Å². The molecule has 18 heavy (non-hydrogen) atoms. The largest absolute Gasteiger partial charge is 0.312 e.